The molecule has 0 amide bonds. The summed E-state index contributed by atoms with van der Waals surface area (Å²) in [5, 5.41) is 0. The summed E-state index contributed by atoms with van der Waals surface area (Å²) < 4.78 is 20.4. The molecule has 4 heteroatoms. The summed E-state index contributed by atoms with van der Waals surface area (Å²) in [6, 6.07) is 0. The third-order valence-electron chi connectivity index (χ3n) is 2.43. The minimum atomic E-state index is -0.0642. The Bertz CT molecular complexity index is 108. The van der Waals surface area contributed by atoms with Crippen LogP contribution < -0.4 is 0 Å². The van der Waals surface area contributed by atoms with Crippen molar-refractivity contribution in [3.8, 4) is 0 Å². The smallest absolute Gasteiger partial charge is 0.156 e. The molecule has 0 aromatic heterocycles. The van der Waals surface area contributed by atoms with Crippen LogP contribution in [0, 0.1) is 0 Å². The lowest BCUT2D eigenvalue weighted by Gasteiger charge is -2.14. The summed E-state index contributed by atoms with van der Waals surface area (Å²) in [5.74, 6) is 0. The highest BCUT2D eigenvalue weighted by Gasteiger charge is 2.06. The van der Waals surface area contributed by atoms with Gasteiger partial charge in [-0.25, -0.2) is 0 Å². The van der Waals surface area contributed by atoms with Crippen LogP contribution >= 0.6 is 0 Å². The van der Waals surface area contributed by atoms with Gasteiger partial charge in [-0.2, -0.15) is 0 Å². The Balaban J connectivity index is 3.30. The first-order valence-electron chi connectivity index (χ1n) is 5.39. The monoisotopic (exact) mass is 220 g/mol. The van der Waals surface area contributed by atoms with Gasteiger partial charge < -0.3 is 18.9 Å². The van der Waals surface area contributed by atoms with Crippen LogP contribution in [-0.4, -0.2) is 41.0 Å². The van der Waals surface area contributed by atoms with Crippen molar-refractivity contribution >= 4 is 0 Å². The number of methoxy groups -OCH3 is 4. The van der Waals surface area contributed by atoms with Crippen LogP contribution in [0.25, 0.3) is 0 Å². The first-order valence-corrected chi connectivity index (χ1v) is 5.39. The van der Waals surface area contributed by atoms with Gasteiger partial charge in [-0.05, 0) is 25.7 Å². The Morgan fingerprint density at radius 1 is 0.600 bits per heavy atom. The van der Waals surface area contributed by atoms with Crippen LogP contribution in [0.15, 0.2) is 0 Å². The molecule has 92 valence electrons. The lowest BCUT2D eigenvalue weighted by atomic mass is 10.1. The van der Waals surface area contributed by atoms with Crippen molar-refractivity contribution < 1.29 is 18.9 Å². The van der Waals surface area contributed by atoms with E-state index in [4.69, 9.17) is 18.9 Å². The van der Waals surface area contributed by atoms with E-state index in [1.165, 1.54) is 0 Å². The van der Waals surface area contributed by atoms with E-state index < -0.39 is 0 Å². The predicted molar refractivity (Wildman–Crippen MR) is 58.7 cm³/mol. The van der Waals surface area contributed by atoms with E-state index >= 15 is 0 Å². The molecule has 4 nitrogen and oxygen atoms in total. The van der Waals surface area contributed by atoms with E-state index in [0.29, 0.717) is 0 Å². The van der Waals surface area contributed by atoms with E-state index in [1.807, 2.05) is 0 Å². The number of unbranched alkanes of at least 4 members (excludes halogenated alkanes) is 2. The van der Waals surface area contributed by atoms with Crippen molar-refractivity contribution in [1.82, 2.24) is 0 Å². The molecular formula is C11H24O4. The fourth-order valence-electron chi connectivity index (χ4n) is 1.46. The Hall–Kier alpha value is -0.160. The first kappa shape index (κ1) is 14.8. The van der Waals surface area contributed by atoms with Crippen LogP contribution in [0.2, 0.25) is 0 Å². The van der Waals surface area contributed by atoms with Crippen LogP contribution in [0.4, 0.5) is 0 Å². The SMILES string of the molecule is COC(CCCCCC(OC)OC)OC. The number of ether oxygens (including phenoxy) is 4. The van der Waals surface area contributed by atoms with E-state index in [2.05, 4.69) is 0 Å². The molecule has 0 radical (unpaired) electrons. The quantitative estimate of drug-likeness (QED) is 0.417. The third-order valence-corrected chi connectivity index (χ3v) is 2.43. The summed E-state index contributed by atoms with van der Waals surface area (Å²) in [7, 11) is 6.67. The maximum absolute atomic E-state index is 5.10. The van der Waals surface area contributed by atoms with Crippen molar-refractivity contribution in [3.63, 3.8) is 0 Å². The summed E-state index contributed by atoms with van der Waals surface area (Å²) in [6.07, 6.45) is 5.11. The second-order valence-corrected chi connectivity index (χ2v) is 3.44. The third kappa shape index (κ3) is 7.73. The maximum atomic E-state index is 5.10. The molecule has 0 atom stereocenters. The van der Waals surface area contributed by atoms with Gasteiger partial charge in [0.25, 0.3) is 0 Å². The van der Waals surface area contributed by atoms with Gasteiger partial charge in [0.2, 0.25) is 0 Å². The Morgan fingerprint density at radius 2 is 0.933 bits per heavy atom. The molecule has 0 N–H and O–H groups in total. The lowest BCUT2D eigenvalue weighted by molar-refractivity contribution is -0.110. The lowest BCUT2D eigenvalue weighted by Crippen LogP contribution is -2.13. The zero-order chi connectivity index (χ0) is 11.5. The number of hydrogen-bond acceptors (Lipinski definition) is 4. The topological polar surface area (TPSA) is 36.9 Å². The van der Waals surface area contributed by atoms with Gasteiger partial charge in [-0.15, -0.1) is 0 Å². The minimum absolute atomic E-state index is 0.0642. The van der Waals surface area contributed by atoms with Crippen LogP contribution in [-0.2, 0) is 18.9 Å². The zero-order valence-corrected chi connectivity index (χ0v) is 10.3. The van der Waals surface area contributed by atoms with E-state index in [-0.39, 0.29) is 12.6 Å². The van der Waals surface area contributed by atoms with Gasteiger partial charge in [0.05, 0.1) is 0 Å². The molecule has 0 bridgehead atoms. The van der Waals surface area contributed by atoms with Crippen molar-refractivity contribution in [2.24, 2.45) is 0 Å². The minimum Gasteiger partial charge on any atom is -0.356 e. The van der Waals surface area contributed by atoms with Crippen molar-refractivity contribution in [1.29, 1.82) is 0 Å². The van der Waals surface area contributed by atoms with Crippen LogP contribution in [0.3, 0.4) is 0 Å². The van der Waals surface area contributed by atoms with Gasteiger partial charge in [0.15, 0.2) is 12.6 Å². The Kier molecular flexibility index (Phi) is 10.3. The zero-order valence-electron chi connectivity index (χ0n) is 10.3. The Labute approximate surface area is 92.8 Å². The molecule has 0 saturated heterocycles. The Morgan fingerprint density at radius 3 is 1.20 bits per heavy atom. The van der Waals surface area contributed by atoms with Gasteiger partial charge >= 0.3 is 0 Å². The van der Waals surface area contributed by atoms with Gasteiger partial charge in [-0.3, -0.25) is 0 Å². The number of rotatable bonds is 10. The standard InChI is InChI=1S/C11H24O4/c1-12-10(13-2)8-6-5-7-9-11(14-3)15-4/h10-11H,5-9H2,1-4H3. The van der Waals surface area contributed by atoms with Crippen LogP contribution in [0.1, 0.15) is 32.1 Å². The van der Waals surface area contributed by atoms with Gasteiger partial charge in [0, 0.05) is 28.4 Å². The highest BCUT2D eigenvalue weighted by Crippen LogP contribution is 2.10. The molecule has 0 aromatic carbocycles. The van der Waals surface area contributed by atoms with Crippen molar-refractivity contribution in [2.75, 3.05) is 28.4 Å². The molecule has 0 fully saturated rings. The fourth-order valence-corrected chi connectivity index (χ4v) is 1.46. The average Bonchev–Trinajstić information content (AvgIpc) is 2.29. The molecule has 0 aliphatic carbocycles. The predicted octanol–water partition coefficient (Wildman–Crippen LogP) is 2.17. The molecule has 0 unspecified atom stereocenters. The summed E-state index contributed by atoms with van der Waals surface area (Å²) in [4.78, 5) is 0. The van der Waals surface area contributed by atoms with Crippen molar-refractivity contribution in [2.45, 2.75) is 44.7 Å². The molecular weight excluding hydrogens is 196 g/mol. The second kappa shape index (κ2) is 10.4. The molecule has 0 aliphatic heterocycles. The normalized spacial score (nSPS) is 11.6. The molecule has 15 heavy (non-hydrogen) atoms. The van der Waals surface area contributed by atoms with Gasteiger partial charge in [0.1, 0.15) is 0 Å². The number of hydrogen-bond donors (Lipinski definition) is 0. The van der Waals surface area contributed by atoms with E-state index in [9.17, 15) is 0 Å². The molecule has 0 aliphatic rings. The van der Waals surface area contributed by atoms with Gasteiger partial charge in [-0.1, -0.05) is 6.42 Å². The largest absolute Gasteiger partial charge is 0.356 e. The molecule has 0 spiro atoms. The molecule has 0 saturated carbocycles. The highest BCUT2D eigenvalue weighted by molar-refractivity contribution is 4.49. The average molecular weight is 220 g/mol. The molecule has 0 heterocycles. The van der Waals surface area contributed by atoms with E-state index in [0.717, 1.165) is 32.1 Å². The first-order chi connectivity index (χ1) is 7.28. The van der Waals surface area contributed by atoms with E-state index in [1.54, 1.807) is 28.4 Å². The second-order valence-electron chi connectivity index (χ2n) is 3.44. The summed E-state index contributed by atoms with van der Waals surface area (Å²) >= 11 is 0. The summed E-state index contributed by atoms with van der Waals surface area (Å²) in [5.41, 5.74) is 0. The molecule has 0 aromatic rings. The highest BCUT2D eigenvalue weighted by atomic mass is 16.7. The maximum Gasteiger partial charge on any atom is 0.156 e. The van der Waals surface area contributed by atoms with Crippen LogP contribution in [0.5, 0.6) is 0 Å². The fraction of sp³-hybridized carbons (Fsp3) is 1.00. The molecule has 0 rings (SSSR count). The summed E-state index contributed by atoms with van der Waals surface area (Å²) in [6.45, 7) is 0. The van der Waals surface area contributed by atoms with Crippen molar-refractivity contribution in [3.05, 3.63) is 0 Å².